The predicted molar refractivity (Wildman–Crippen MR) is 69.9 cm³/mol. The van der Waals surface area contributed by atoms with Gasteiger partial charge in [-0.25, -0.2) is 4.79 Å². The molecule has 0 bridgehead atoms. The van der Waals surface area contributed by atoms with Gasteiger partial charge in [0.1, 0.15) is 10.6 Å². The molecule has 0 amide bonds. The number of nitro groups is 2. The third-order valence-electron chi connectivity index (χ3n) is 2.06. The maximum atomic E-state index is 11.9. The second-order valence-corrected chi connectivity index (χ2v) is 5.22. The topological polar surface area (TPSA) is 113 Å². The van der Waals surface area contributed by atoms with Crippen LogP contribution < -0.4 is 0 Å². The fourth-order valence-corrected chi connectivity index (χ4v) is 1.57. The summed E-state index contributed by atoms with van der Waals surface area (Å²) in [4.78, 5) is 31.7. The highest BCUT2D eigenvalue weighted by molar-refractivity contribution is 6.35. The maximum absolute atomic E-state index is 11.9. The molecule has 20 heavy (non-hydrogen) atoms. The first kappa shape index (κ1) is 15.8. The molecular weight excluding hydrogens is 292 g/mol. The van der Waals surface area contributed by atoms with Crippen molar-refractivity contribution in [2.24, 2.45) is 0 Å². The van der Waals surface area contributed by atoms with Crippen LogP contribution in [0.25, 0.3) is 0 Å². The van der Waals surface area contributed by atoms with Gasteiger partial charge in [0.15, 0.2) is 0 Å². The minimum Gasteiger partial charge on any atom is -0.456 e. The van der Waals surface area contributed by atoms with Gasteiger partial charge in [0, 0.05) is 6.07 Å². The van der Waals surface area contributed by atoms with Crippen LogP contribution in [-0.2, 0) is 4.74 Å². The highest BCUT2D eigenvalue weighted by Gasteiger charge is 2.29. The zero-order chi connectivity index (χ0) is 15.7. The first-order valence-corrected chi connectivity index (χ1v) is 5.76. The lowest BCUT2D eigenvalue weighted by molar-refractivity contribution is -0.394. The van der Waals surface area contributed by atoms with E-state index in [9.17, 15) is 25.0 Å². The average Bonchev–Trinajstić information content (AvgIpc) is 2.25. The van der Waals surface area contributed by atoms with E-state index in [2.05, 4.69) is 0 Å². The van der Waals surface area contributed by atoms with Crippen molar-refractivity contribution < 1.29 is 19.4 Å². The van der Waals surface area contributed by atoms with Gasteiger partial charge in [-0.1, -0.05) is 11.6 Å². The standard InChI is InChI=1S/C11H11ClN2O6/c1-11(2,3)20-10(15)7-4-6(13(16)17)5-8(9(7)12)14(18)19/h4-5H,1-3H3. The number of hydrogen-bond donors (Lipinski definition) is 0. The Balaban J connectivity index is 3.41. The van der Waals surface area contributed by atoms with Crippen LogP contribution >= 0.6 is 11.6 Å². The van der Waals surface area contributed by atoms with Gasteiger partial charge in [0.05, 0.1) is 21.5 Å². The number of benzene rings is 1. The molecule has 8 nitrogen and oxygen atoms in total. The number of carbonyl (C=O) groups is 1. The van der Waals surface area contributed by atoms with Crippen LogP contribution in [0.4, 0.5) is 11.4 Å². The molecule has 0 spiro atoms. The lowest BCUT2D eigenvalue weighted by atomic mass is 10.1. The predicted octanol–water partition coefficient (Wildman–Crippen LogP) is 3.11. The van der Waals surface area contributed by atoms with E-state index in [1.165, 1.54) is 0 Å². The second-order valence-electron chi connectivity index (χ2n) is 4.84. The summed E-state index contributed by atoms with van der Waals surface area (Å²) in [6.45, 7) is 4.76. The van der Waals surface area contributed by atoms with Crippen molar-refractivity contribution >= 4 is 28.9 Å². The number of ether oxygens (including phenoxy) is 1. The van der Waals surface area contributed by atoms with Gasteiger partial charge in [-0.3, -0.25) is 20.2 Å². The van der Waals surface area contributed by atoms with E-state index in [1.807, 2.05) is 0 Å². The van der Waals surface area contributed by atoms with Crippen molar-refractivity contribution in [3.8, 4) is 0 Å². The average molecular weight is 303 g/mol. The zero-order valence-corrected chi connectivity index (χ0v) is 11.6. The van der Waals surface area contributed by atoms with Crippen molar-refractivity contribution in [3.05, 3.63) is 42.9 Å². The van der Waals surface area contributed by atoms with Crippen LogP contribution in [0.3, 0.4) is 0 Å². The quantitative estimate of drug-likeness (QED) is 0.481. The number of esters is 1. The fourth-order valence-electron chi connectivity index (χ4n) is 1.31. The van der Waals surface area contributed by atoms with E-state index >= 15 is 0 Å². The molecule has 0 heterocycles. The van der Waals surface area contributed by atoms with Crippen molar-refractivity contribution in [1.82, 2.24) is 0 Å². The molecule has 1 aromatic carbocycles. The molecule has 0 saturated carbocycles. The number of carbonyl (C=O) groups excluding carboxylic acids is 1. The van der Waals surface area contributed by atoms with E-state index in [0.29, 0.717) is 6.07 Å². The fraction of sp³-hybridized carbons (Fsp3) is 0.364. The second kappa shape index (κ2) is 5.41. The Hall–Kier alpha value is -2.22. The monoisotopic (exact) mass is 302 g/mol. The van der Waals surface area contributed by atoms with Gasteiger partial charge >= 0.3 is 5.97 Å². The van der Waals surface area contributed by atoms with Gasteiger partial charge < -0.3 is 4.74 Å². The molecule has 0 unspecified atom stereocenters. The summed E-state index contributed by atoms with van der Waals surface area (Å²) in [6.07, 6.45) is 0. The zero-order valence-electron chi connectivity index (χ0n) is 10.9. The summed E-state index contributed by atoms with van der Waals surface area (Å²) in [5, 5.41) is 21.0. The van der Waals surface area contributed by atoms with Gasteiger partial charge in [0.2, 0.25) is 0 Å². The first-order chi connectivity index (χ1) is 9.03. The number of halogens is 1. The number of nitro benzene ring substituents is 2. The van der Waals surface area contributed by atoms with Crippen molar-refractivity contribution in [3.63, 3.8) is 0 Å². The summed E-state index contributed by atoms with van der Waals surface area (Å²) in [5.74, 6) is -0.964. The molecule has 0 saturated heterocycles. The van der Waals surface area contributed by atoms with Crippen LogP contribution in [-0.4, -0.2) is 21.4 Å². The van der Waals surface area contributed by atoms with Crippen LogP contribution in [0.15, 0.2) is 12.1 Å². The molecule has 0 radical (unpaired) electrons. The number of hydrogen-bond acceptors (Lipinski definition) is 6. The van der Waals surface area contributed by atoms with Gasteiger partial charge in [-0.2, -0.15) is 0 Å². The number of nitrogens with zero attached hydrogens (tertiary/aromatic N) is 2. The van der Waals surface area contributed by atoms with Crippen molar-refractivity contribution in [2.75, 3.05) is 0 Å². The third kappa shape index (κ3) is 3.64. The van der Waals surface area contributed by atoms with E-state index in [0.717, 1.165) is 6.07 Å². The molecule has 1 rings (SSSR count). The molecular formula is C11H11ClN2O6. The molecule has 0 fully saturated rings. The lowest BCUT2D eigenvalue weighted by Gasteiger charge is -2.19. The molecule has 0 aliphatic rings. The summed E-state index contributed by atoms with van der Waals surface area (Å²) in [7, 11) is 0. The molecule has 0 N–H and O–H groups in total. The number of rotatable bonds is 3. The SMILES string of the molecule is CC(C)(C)OC(=O)c1cc([N+](=O)[O-])cc([N+](=O)[O-])c1Cl. The first-order valence-electron chi connectivity index (χ1n) is 5.38. The maximum Gasteiger partial charge on any atom is 0.340 e. The van der Waals surface area contributed by atoms with Crippen LogP contribution in [0.1, 0.15) is 31.1 Å². The summed E-state index contributed by atoms with van der Waals surface area (Å²) >= 11 is 5.74. The van der Waals surface area contributed by atoms with Crippen molar-refractivity contribution in [1.29, 1.82) is 0 Å². The Labute approximate surface area is 118 Å². The van der Waals surface area contributed by atoms with Crippen LogP contribution in [0.5, 0.6) is 0 Å². The van der Waals surface area contributed by atoms with E-state index in [4.69, 9.17) is 16.3 Å². The van der Waals surface area contributed by atoms with Gasteiger partial charge in [-0.15, -0.1) is 0 Å². The van der Waals surface area contributed by atoms with Gasteiger partial charge in [-0.05, 0) is 20.8 Å². The highest BCUT2D eigenvalue weighted by Crippen LogP contribution is 2.33. The van der Waals surface area contributed by atoms with E-state index in [-0.39, 0.29) is 0 Å². The smallest absolute Gasteiger partial charge is 0.340 e. The third-order valence-corrected chi connectivity index (χ3v) is 2.46. The summed E-state index contributed by atoms with van der Waals surface area (Å²) in [5.41, 5.74) is -2.61. The lowest BCUT2D eigenvalue weighted by Crippen LogP contribution is -2.24. The molecule has 0 aliphatic carbocycles. The Kier molecular flexibility index (Phi) is 4.29. The minimum absolute atomic E-state index is 0.414. The van der Waals surface area contributed by atoms with E-state index < -0.39 is 43.4 Å². The summed E-state index contributed by atoms with van der Waals surface area (Å²) < 4.78 is 5.01. The molecule has 0 atom stereocenters. The highest BCUT2D eigenvalue weighted by atomic mass is 35.5. The Morgan fingerprint density at radius 3 is 2.15 bits per heavy atom. The van der Waals surface area contributed by atoms with E-state index in [1.54, 1.807) is 20.8 Å². The molecule has 1 aromatic rings. The molecule has 9 heteroatoms. The largest absolute Gasteiger partial charge is 0.456 e. The van der Waals surface area contributed by atoms with Crippen LogP contribution in [0.2, 0.25) is 5.02 Å². The Morgan fingerprint density at radius 1 is 1.20 bits per heavy atom. The van der Waals surface area contributed by atoms with Gasteiger partial charge in [0.25, 0.3) is 11.4 Å². The van der Waals surface area contributed by atoms with Crippen molar-refractivity contribution in [2.45, 2.75) is 26.4 Å². The van der Waals surface area contributed by atoms with Crippen LogP contribution in [0, 0.1) is 20.2 Å². The normalized spacial score (nSPS) is 11.0. The Bertz CT molecular complexity index is 593. The molecule has 108 valence electrons. The molecule has 0 aromatic heterocycles. The minimum atomic E-state index is -0.964. The number of non-ortho nitro benzene ring substituents is 1. The Morgan fingerprint density at radius 2 is 1.75 bits per heavy atom. The molecule has 0 aliphatic heterocycles. The summed E-state index contributed by atoms with van der Waals surface area (Å²) in [6, 6.07) is 1.54.